The number of hydrogen-bond acceptors (Lipinski definition) is 10. The number of aliphatic hydroxyl groups is 3. The van der Waals surface area contributed by atoms with Gasteiger partial charge in [0.15, 0.2) is 9.74 Å². The normalized spacial score (nSPS) is 52.9. The van der Waals surface area contributed by atoms with Crippen LogP contribution in [0.15, 0.2) is 0 Å². The number of piperazine rings is 1. The quantitative estimate of drug-likeness (QED) is 0.378. The Hall–Kier alpha value is -1.18. The average Bonchev–Trinajstić information content (AvgIpc) is 3.26. The van der Waals surface area contributed by atoms with E-state index in [4.69, 9.17) is 4.74 Å². The van der Waals surface area contributed by atoms with E-state index in [1.54, 1.807) is 0 Å². The second-order valence-corrected chi connectivity index (χ2v) is 12.0. The topological polar surface area (TPSA) is 145 Å². The number of hydrogen-bond donors (Lipinski definition) is 3. The van der Waals surface area contributed by atoms with Crippen LogP contribution < -0.4 is 0 Å². The lowest BCUT2D eigenvalue weighted by Crippen LogP contribution is -2.78. The number of ketones is 2. The molecule has 5 heterocycles. The maximum Gasteiger partial charge on any atom is 0.261 e. The molecule has 5 aliphatic heterocycles. The molecular weight excluding hydrogens is 448 g/mol. The summed E-state index contributed by atoms with van der Waals surface area (Å²) in [5.41, 5.74) is 0. The minimum atomic E-state index is -1.39. The smallest absolute Gasteiger partial charge is 0.261 e. The van der Waals surface area contributed by atoms with Crippen molar-refractivity contribution in [3.63, 3.8) is 0 Å². The summed E-state index contributed by atoms with van der Waals surface area (Å²) in [6, 6.07) is -1.73. The Morgan fingerprint density at radius 2 is 1.32 bits per heavy atom. The Balaban J connectivity index is 1.49. The lowest BCUT2D eigenvalue weighted by molar-refractivity contribution is -0.177. The fraction of sp³-hybridized carbons (Fsp3) is 0.789. The van der Waals surface area contributed by atoms with E-state index in [0.29, 0.717) is 0 Å². The maximum atomic E-state index is 14.0. The molecule has 0 aromatic heterocycles. The molecule has 0 aromatic rings. The van der Waals surface area contributed by atoms with E-state index >= 15 is 0 Å². The van der Waals surface area contributed by atoms with Gasteiger partial charge in [0.1, 0.15) is 23.8 Å². The molecule has 10 atom stereocenters. The van der Waals surface area contributed by atoms with Crippen molar-refractivity contribution in [3.8, 4) is 0 Å². The average molecular weight is 471 g/mol. The third-order valence-electron chi connectivity index (χ3n) is 8.00. The number of methoxy groups -OCH3 is 1. The van der Waals surface area contributed by atoms with Gasteiger partial charge in [0.25, 0.3) is 11.8 Å². The highest BCUT2D eigenvalue weighted by Crippen LogP contribution is 2.70. The van der Waals surface area contributed by atoms with E-state index in [1.165, 1.54) is 38.5 Å². The van der Waals surface area contributed by atoms with Gasteiger partial charge in [0.2, 0.25) is 0 Å². The molecule has 2 aliphatic carbocycles. The van der Waals surface area contributed by atoms with Crippen LogP contribution in [0.3, 0.4) is 0 Å². The SMILES string of the molecule is CO[C@@H]1[C@@H]2[C@@H](C[C@@]34SS[C@]5(C[C@H]6C(=O)C[C@H](O)[C@H](O)[C@H]6N5C3=O)C(=O)N24)C(=O)C[C@@H]1O. The van der Waals surface area contributed by atoms with Crippen molar-refractivity contribution in [2.75, 3.05) is 7.11 Å². The van der Waals surface area contributed by atoms with Crippen molar-refractivity contribution >= 4 is 45.0 Å². The minimum absolute atomic E-state index is 0.0562. The second-order valence-electron chi connectivity index (χ2n) is 9.35. The lowest BCUT2D eigenvalue weighted by Gasteiger charge is -2.59. The number of Topliss-reactive ketones (excluding diaryl/α,β-unsaturated/α-hetero) is 2. The first-order chi connectivity index (χ1) is 14.7. The van der Waals surface area contributed by atoms with Crippen molar-refractivity contribution in [1.29, 1.82) is 0 Å². The number of fused-ring (bicyclic) bond motifs is 3. The molecule has 10 nitrogen and oxygen atoms in total. The third-order valence-corrected chi connectivity index (χ3v) is 11.6. The Morgan fingerprint density at radius 3 is 1.87 bits per heavy atom. The molecule has 31 heavy (non-hydrogen) atoms. The number of carbonyl (C=O) groups is 4. The van der Waals surface area contributed by atoms with Crippen LogP contribution in [0.2, 0.25) is 0 Å². The molecule has 0 unspecified atom stereocenters. The summed E-state index contributed by atoms with van der Waals surface area (Å²) in [5, 5.41) is 31.3. The summed E-state index contributed by atoms with van der Waals surface area (Å²) < 4.78 is 5.49. The number of rotatable bonds is 1. The summed E-state index contributed by atoms with van der Waals surface area (Å²) in [4.78, 5) is 53.4. The van der Waals surface area contributed by atoms with Gasteiger partial charge in [0, 0.05) is 44.6 Å². The third kappa shape index (κ3) is 2.17. The number of amides is 2. The summed E-state index contributed by atoms with van der Waals surface area (Å²) in [5.74, 6) is -2.66. The van der Waals surface area contributed by atoms with Crippen molar-refractivity contribution in [3.05, 3.63) is 0 Å². The number of ether oxygens (including phenoxy) is 1. The highest BCUT2D eigenvalue weighted by Gasteiger charge is 2.80. The van der Waals surface area contributed by atoms with Gasteiger partial charge in [0.05, 0.1) is 24.3 Å². The molecule has 7 fully saturated rings. The molecule has 2 spiro atoms. The highest BCUT2D eigenvalue weighted by molar-refractivity contribution is 8.78. The number of aliphatic hydroxyl groups excluding tert-OH is 3. The van der Waals surface area contributed by atoms with Crippen molar-refractivity contribution in [2.24, 2.45) is 11.8 Å². The molecule has 168 valence electrons. The predicted octanol–water partition coefficient (Wildman–Crippen LogP) is -1.73. The van der Waals surface area contributed by atoms with Crippen LogP contribution in [0.1, 0.15) is 25.7 Å². The first-order valence-electron chi connectivity index (χ1n) is 10.3. The Morgan fingerprint density at radius 1 is 0.839 bits per heavy atom. The van der Waals surface area contributed by atoms with Crippen LogP contribution >= 0.6 is 21.6 Å². The minimum Gasteiger partial charge on any atom is -0.390 e. The zero-order valence-corrected chi connectivity index (χ0v) is 18.2. The van der Waals surface area contributed by atoms with Crippen molar-refractivity contribution < 1.29 is 39.2 Å². The molecule has 3 N–H and O–H groups in total. The van der Waals surface area contributed by atoms with Gasteiger partial charge in [-0.3, -0.25) is 19.2 Å². The van der Waals surface area contributed by atoms with Gasteiger partial charge in [-0.15, -0.1) is 0 Å². The number of nitrogens with zero attached hydrogens (tertiary/aromatic N) is 2. The van der Waals surface area contributed by atoms with Crippen LogP contribution in [0.5, 0.6) is 0 Å². The summed E-state index contributed by atoms with van der Waals surface area (Å²) in [7, 11) is 3.84. The molecule has 0 radical (unpaired) electrons. The zero-order valence-electron chi connectivity index (χ0n) is 16.5. The molecule has 7 aliphatic rings. The molecule has 0 aromatic carbocycles. The Labute approximate surface area is 185 Å². The summed E-state index contributed by atoms with van der Waals surface area (Å²) in [6.45, 7) is 0. The van der Waals surface area contributed by atoms with Gasteiger partial charge >= 0.3 is 0 Å². The fourth-order valence-corrected chi connectivity index (χ4v) is 10.5. The van der Waals surface area contributed by atoms with E-state index in [1.807, 2.05) is 0 Å². The molecule has 2 bridgehead atoms. The van der Waals surface area contributed by atoms with Crippen LogP contribution in [0, 0.1) is 11.8 Å². The summed E-state index contributed by atoms with van der Waals surface area (Å²) >= 11 is 0. The van der Waals surface area contributed by atoms with Gasteiger partial charge in [-0.2, -0.15) is 0 Å². The molecular formula is C19H22N2O8S2. The molecule has 7 rings (SSSR count). The van der Waals surface area contributed by atoms with Crippen LogP contribution in [-0.4, -0.2) is 102 Å². The molecule has 2 saturated carbocycles. The highest BCUT2D eigenvalue weighted by atomic mass is 33.1. The van der Waals surface area contributed by atoms with Crippen LogP contribution in [-0.2, 0) is 23.9 Å². The van der Waals surface area contributed by atoms with Gasteiger partial charge in [-0.05, 0) is 0 Å². The predicted molar refractivity (Wildman–Crippen MR) is 106 cm³/mol. The van der Waals surface area contributed by atoms with Gasteiger partial charge in [-0.25, -0.2) is 0 Å². The van der Waals surface area contributed by atoms with E-state index in [0.717, 1.165) is 0 Å². The zero-order chi connectivity index (χ0) is 22.0. The Kier molecular flexibility index (Phi) is 4.11. The standard InChI is InChI=1S/C19H22N2O8S2/c1-29-15-11(25)3-9(23)7-5-19-16(27)20-12-6(8(22)2-10(24)14(12)26)4-18(20,30-31-19)17(28)21(19)13(7)15/h6-7,10-15,24-26H,2-5H2,1H3/t6-,7-,10-,11-,12-,13-,14-,15-,18+,19+/m0/s1. The van der Waals surface area contributed by atoms with Crippen molar-refractivity contribution in [2.45, 2.75) is 71.9 Å². The molecule has 2 amide bonds. The van der Waals surface area contributed by atoms with E-state index in [2.05, 4.69) is 0 Å². The van der Waals surface area contributed by atoms with Crippen molar-refractivity contribution in [1.82, 2.24) is 9.80 Å². The van der Waals surface area contributed by atoms with E-state index in [9.17, 15) is 34.5 Å². The second kappa shape index (κ2) is 6.23. The van der Waals surface area contributed by atoms with Gasteiger partial charge < -0.3 is 29.9 Å². The fourth-order valence-electron chi connectivity index (χ4n) is 6.67. The Bertz CT molecular complexity index is 933. The first kappa shape index (κ1) is 20.4. The first-order valence-corrected chi connectivity index (χ1v) is 12.5. The number of carbonyl (C=O) groups excluding carboxylic acids is 4. The molecule has 12 heteroatoms. The van der Waals surface area contributed by atoms with E-state index < -0.39 is 69.9 Å². The van der Waals surface area contributed by atoms with Crippen LogP contribution in [0.4, 0.5) is 0 Å². The maximum absolute atomic E-state index is 14.0. The van der Waals surface area contributed by atoms with E-state index in [-0.39, 0.29) is 37.2 Å². The largest absolute Gasteiger partial charge is 0.390 e. The van der Waals surface area contributed by atoms with Crippen LogP contribution in [0.25, 0.3) is 0 Å². The summed E-state index contributed by atoms with van der Waals surface area (Å²) in [6.07, 6.45) is -4.64. The monoisotopic (exact) mass is 470 g/mol. The van der Waals surface area contributed by atoms with Gasteiger partial charge in [-0.1, -0.05) is 21.6 Å². The lowest BCUT2D eigenvalue weighted by atomic mass is 9.79. The molecule has 5 saturated heterocycles.